The van der Waals surface area contributed by atoms with Gasteiger partial charge in [-0.2, -0.15) is 17.9 Å². The smallest absolute Gasteiger partial charge is 0.416 e. The lowest BCUT2D eigenvalue weighted by atomic mass is 10.1. The minimum atomic E-state index is -4.58. The lowest BCUT2D eigenvalue weighted by molar-refractivity contribution is -0.137. The first-order valence-electron chi connectivity index (χ1n) is 9.92. The second-order valence-electron chi connectivity index (χ2n) is 6.94. The van der Waals surface area contributed by atoms with E-state index in [1.54, 1.807) is 6.07 Å². The molecule has 0 bridgehead atoms. The van der Waals surface area contributed by atoms with Gasteiger partial charge in [-0.1, -0.05) is 17.8 Å². The molecule has 1 amide bonds. The number of benzene rings is 2. The van der Waals surface area contributed by atoms with Crippen LogP contribution >= 0.6 is 11.8 Å². The Morgan fingerprint density at radius 1 is 1.12 bits per heavy atom. The van der Waals surface area contributed by atoms with Crippen molar-refractivity contribution in [2.45, 2.75) is 18.3 Å². The summed E-state index contributed by atoms with van der Waals surface area (Å²) in [5.41, 5.74) is 0.522. The molecule has 0 aliphatic rings. The molecule has 1 N–H and O–H groups in total. The Bertz CT molecular complexity index is 1140. The Labute approximate surface area is 197 Å². The number of anilines is 1. The molecule has 1 aromatic heterocycles. The summed E-state index contributed by atoms with van der Waals surface area (Å²) < 4.78 is 56.6. The molecule has 2 aromatic carbocycles. The summed E-state index contributed by atoms with van der Waals surface area (Å²) in [6.07, 6.45) is -4.58. The van der Waals surface area contributed by atoms with Gasteiger partial charge in [-0.3, -0.25) is 4.79 Å². The summed E-state index contributed by atoms with van der Waals surface area (Å²) >= 11 is 1.01. The number of ether oxygens (including phenoxy) is 3. The number of nitrogens with one attached hydrogen (secondary N) is 1. The number of thioether (sulfide) groups is 1. The summed E-state index contributed by atoms with van der Waals surface area (Å²) in [4.78, 5) is 12.6. The Balaban J connectivity index is 1.75. The predicted octanol–water partition coefficient (Wildman–Crippen LogP) is 3.75. The fourth-order valence-electron chi connectivity index (χ4n) is 2.87. The van der Waals surface area contributed by atoms with Crippen molar-refractivity contribution in [2.24, 2.45) is 0 Å². The van der Waals surface area contributed by atoms with E-state index in [-0.39, 0.29) is 30.4 Å². The quantitative estimate of drug-likeness (QED) is 0.334. The van der Waals surface area contributed by atoms with Crippen molar-refractivity contribution in [3.63, 3.8) is 0 Å². The van der Waals surface area contributed by atoms with Crippen LogP contribution in [0.1, 0.15) is 11.1 Å². The fourth-order valence-corrected chi connectivity index (χ4v) is 3.55. The third-order valence-corrected chi connectivity index (χ3v) is 5.38. The van der Waals surface area contributed by atoms with Crippen LogP contribution in [0.5, 0.6) is 11.5 Å². The number of tetrazole rings is 1. The van der Waals surface area contributed by atoms with Crippen LogP contribution in [-0.4, -0.2) is 59.3 Å². The number of nitrogens with zero attached hydrogens (tertiary/aromatic N) is 4. The van der Waals surface area contributed by atoms with Gasteiger partial charge in [0.25, 0.3) is 0 Å². The second kappa shape index (κ2) is 11.2. The van der Waals surface area contributed by atoms with Gasteiger partial charge < -0.3 is 19.5 Å². The Hall–Kier alpha value is -3.32. The molecule has 3 aromatic rings. The Morgan fingerprint density at radius 3 is 2.59 bits per heavy atom. The number of alkyl halides is 3. The topological polar surface area (TPSA) is 100 Å². The molecule has 3 rings (SSSR count). The highest BCUT2D eigenvalue weighted by Crippen LogP contribution is 2.35. The normalized spacial score (nSPS) is 11.4. The van der Waals surface area contributed by atoms with Gasteiger partial charge in [-0.15, -0.1) is 5.10 Å². The average Bonchev–Trinajstić information content (AvgIpc) is 3.26. The largest absolute Gasteiger partial charge is 0.494 e. The molecule has 0 unspecified atom stereocenters. The van der Waals surface area contributed by atoms with Gasteiger partial charge in [0.2, 0.25) is 11.1 Å². The number of carbonyl (C=O) groups excluding carboxylic acids is 1. The lowest BCUT2D eigenvalue weighted by Gasteiger charge is -2.15. The van der Waals surface area contributed by atoms with Crippen molar-refractivity contribution in [2.75, 3.05) is 38.5 Å². The summed E-state index contributed by atoms with van der Waals surface area (Å²) in [6.45, 7) is 2.23. The highest BCUT2D eigenvalue weighted by atomic mass is 32.2. The highest BCUT2D eigenvalue weighted by Gasteiger charge is 2.31. The third kappa shape index (κ3) is 6.38. The third-order valence-electron chi connectivity index (χ3n) is 4.46. The summed E-state index contributed by atoms with van der Waals surface area (Å²) in [5.74, 6) is -0.0992. The van der Waals surface area contributed by atoms with Crippen LogP contribution in [0.2, 0.25) is 0 Å². The van der Waals surface area contributed by atoms with E-state index in [9.17, 15) is 18.0 Å². The zero-order valence-corrected chi connectivity index (χ0v) is 19.4. The van der Waals surface area contributed by atoms with E-state index in [0.717, 1.165) is 35.5 Å². The van der Waals surface area contributed by atoms with Gasteiger partial charge in [-0.25, -0.2) is 0 Å². The van der Waals surface area contributed by atoms with Gasteiger partial charge in [0.1, 0.15) is 23.8 Å². The highest BCUT2D eigenvalue weighted by molar-refractivity contribution is 7.99. The Kier molecular flexibility index (Phi) is 8.34. The van der Waals surface area contributed by atoms with E-state index in [0.29, 0.717) is 16.6 Å². The number of aromatic nitrogens is 4. The summed E-state index contributed by atoms with van der Waals surface area (Å²) in [5, 5.41) is 14.3. The first kappa shape index (κ1) is 25.3. The first-order chi connectivity index (χ1) is 16.2. The monoisotopic (exact) mass is 497 g/mol. The van der Waals surface area contributed by atoms with E-state index in [4.69, 9.17) is 14.2 Å². The maximum atomic E-state index is 13.2. The molecule has 0 atom stereocenters. The number of carbonyl (C=O) groups is 1. The molecule has 0 saturated carbocycles. The number of halogens is 3. The molecule has 182 valence electrons. The zero-order valence-electron chi connectivity index (χ0n) is 18.5. The Morgan fingerprint density at radius 2 is 1.88 bits per heavy atom. The van der Waals surface area contributed by atoms with Crippen molar-refractivity contribution in [1.82, 2.24) is 20.2 Å². The second-order valence-corrected chi connectivity index (χ2v) is 7.88. The number of hydrogen-bond donors (Lipinski definition) is 1. The fraction of sp³-hybridized carbons (Fsp3) is 0.333. The van der Waals surface area contributed by atoms with Gasteiger partial charge >= 0.3 is 6.18 Å². The minimum Gasteiger partial charge on any atom is -0.494 e. The van der Waals surface area contributed by atoms with E-state index in [1.807, 2.05) is 19.1 Å². The van der Waals surface area contributed by atoms with E-state index in [2.05, 4.69) is 20.8 Å². The van der Waals surface area contributed by atoms with Gasteiger partial charge in [0.15, 0.2) is 0 Å². The van der Waals surface area contributed by atoms with Gasteiger partial charge in [0, 0.05) is 7.11 Å². The van der Waals surface area contributed by atoms with Crippen LogP contribution in [-0.2, 0) is 15.7 Å². The number of amides is 1. The molecular formula is C21H22F3N5O4S. The molecule has 0 radical (unpaired) electrons. The van der Waals surface area contributed by atoms with Crippen LogP contribution < -0.4 is 14.8 Å². The van der Waals surface area contributed by atoms with Crippen LogP contribution in [0, 0.1) is 6.92 Å². The number of hydrogen-bond acceptors (Lipinski definition) is 8. The molecule has 13 heteroatoms. The van der Waals surface area contributed by atoms with E-state index >= 15 is 0 Å². The standard InChI is InChI=1S/C21H22F3N5O4S/c1-13-4-6-18(32-3)16(10-13)29-20(26-27-28-29)34-12-19(30)25-15-11-14(21(22,23)24)5-7-17(15)33-9-8-31-2/h4-7,10-11H,8-9,12H2,1-3H3,(H,25,30). The SMILES string of the molecule is COCCOc1ccc(C(F)(F)F)cc1NC(=O)CSc1nnnn1-c1cc(C)ccc1OC. The van der Waals surface area contributed by atoms with Crippen LogP contribution in [0.25, 0.3) is 5.69 Å². The van der Waals surface area contributed by atoms with E-state index < -0.39 is 17.6 Å². The molecule has 0 saturated heterocycles. The molecular weight excluding hydrogens is 475 g/mol. The van der Waals surface area contributed by atoms with Crippen LogP contribution in [0.4, 0.5) is 18.9 Å². The maximum Gasteiger partial charge on any atom is 0.416 e. The molecule has 34 heavy (non-hydrogen) atoms. The maximum absolute atomic E-state index is 13.2. The van der Waals surface area contributed by atoms with Gasteiger partial charge in [-0.05, 0) is 53.2 Å². The molecule has 0 aliphatic carbocycles. The zero-order chi connectivity index (χ0) is 24.7. The number of aryl methyl sites for hydroxylation is 1. The van der Waals surface area contributed by atoms with Crippen molar-refractivity contribution < 1.29 is 32.2 Å². The number of methoxy groups -OCH3 is 2. The predicted molar refractivity (Wildman–Crippen MR) is 119 cm³/mol. The summed E-state index contributed by atoms with van der Waals surface area (Å²) in [7, 11) is 2.98. The van der Waals surface area contributed by atoms with Crippen molar-refractivity contribution in [1.29, 1.82) is 0 Å². The van der Waals surface area contributed by atoms with Crippen LogP contribution in [0.15, 0.2) is 41.6 Å². The lowest BCUT2D eigenvalue weighted by Crippen LogP contribution is -2.17. The van der Waals surface area contributed by atoms with Crippen molar-refractivity contribution in [3.05, 3.63) is 47.5 Å². The molecule has 1 heterocycles. The van der Waals surface area contributed by atoms with Gasteiger partial charge in [0.05, 0.1) is 30.7 Å². The summed E-state index contributed by atoms with van der Waals surface area (Å²) in [6, 6.07) is 8.33. The molecule has 0 aliphatic heterocycles. The molecule has 0 fully saturated rings. The van der Waals surface area contributed by atoms with Crippen molar-refractivity contribution in [3.8, 4) is 17.2 Å². The van der Waals surface area contributed by atoms with E-state index in [1.165, 1.54) is 18.9 Å². The number of rotatable bonds is 10. The van der Waals surface area contributed by atoms with Crippen LogP contribution in [0.3, 0.4) is 0 Å². The molecule has 0 spiro atoms. The van der Waals surface area contributed by atoms with Crippen molar-refractivity contribution >= 4 is 23.4 Å². The average molecular weight is 497 g/mol. The minimum absolute atomic E-state index is 0.0951. The first-order valence-corrected chi connectivity index (χ1v) is 10.9. The molecule has 9 nitrogen and oxygen atoms in total.